The van der Waals surface area contributed by atoms with E-state index in [-0.39, 0.29) is 0 Å². The van der Waals surface area contributed by atoms with Crippen LogP contribution < -0.4 is 4.74 Å². The molecule has 0 aromatic carbocycles. The van der Waals surface area contributed by atoms with E-state index >= 15 is 0 Å². The molecule has 0 saturated carbocycles. The minimum Gasteiger partial charge on any atom is -0.476 e. The van der Waals surface area contributed by atoms with Crippen LogP contribution in [0.4, 0.5) is 0 Å². The number of aromatic nitrogens is 2. The first kappa shape index (κ1) is 5.77. The highest BCUT2D eigenvalue weighted by atomic mass is 16.5. The van der Waals surface area contributed by atoms with Gasteiger partial charge in [-0.15, -0.1) is 0 Å². The SMILES string of the molecule is Cc1nc2c([nH]1)CCCO2. The van der Waals surface area contributed by atoms with Gasteiger partial charge in [-0.2, -0.15) is 4.98 Å². The van der Waals surface area contributed by atoms with Crippen molar-refractivity contribution in [2.75, 3.05) is 6.61 Å². The summed E-state index contributed by atoms with van der Waals surface area (Å²) in [4.78, 5) is 7.33. The van der Waals surface area contributed by atoms with Gasteiger partial charge in [0.25, 0.3) is 0 Å². The molecule has 1 aliphatic rings. The number of hydrogen-bond donors (Lipinski definition) is 1. The normalized spacial score (nSPS) is 16.1. The van der Waals surface area contributed by atoms with Crippen LogP contribution in [0, 0.1) is 6.92 Å². The Morgan fingerprint density at radius 3 is 3.30 bits per heavy atom. The molecule has 1 aliphatic heterocycles. The smallest absolute Gasteiger partial charge is 0.235 e. The zero-order valence-electron chi connectivity index (χ0n) is 5.98. The molecule has 2 heterocycles. The molecule has 0 saturated heterocycles. The Bertz CT molecular complexity index is 218. The number of nitrogens with zero attached hydrogens (tertiary/aromatic N) is 1. The lowest BCUT2D eigenvalue weighted by Crippen LogP contribution is -2.07. The fourth-order valence-corrected chi connectivity index (χ4v) is 1.23. The van der Waals surface area contributed by atoms with Gasteiger partial charge in [-0.25, -0.2) is 0 Å². The van der Waals surface area contributed by atoms with E-state index in [0.717, 1.165) is 36.8 Å². The molecule has 0 unspecified atom stereocenters. The van der Waals surface area contributed by atoms with Crippen molar-refractivity contribution in [1.82, 2.24) is 9.97 Å². The minimum absolute atomic E-state index is 0.809. The van der Waals surface area contributed by atoms with E-state index in [9.17, 15) is 0 Å². The van der Waals surface area contributed by atoms with E-state index in [1.165, 1.54) is 0 Å². The largest absolute Gasteiger partial charge is 0.476 e. The summed E-state index contributed by atoms with van der Waals surface area (Å²) in [5.74, 6) is 1.76. The molecule has 0 fully saturated rings. The van der Waals surface area contributed by atoms with Crippen molar-refractivity contribution < 1.29 is 4.74 Å². The molecule has 54 valence electrons. The molecule has 0 bridgehead atoms. The Morgan fingerprint density at radius 1 is 1.60 bits per heavy atom. The Hall–Kier alpha value is -0.990. The van der Waals surface area contributed by atoms with Crippen molar-refractivity contribution >= 4 is 0 Å². The molecule has 0 radical (unpaired) electrons. The van der Waals surface area contributed by atoms with Gasteiger partial charge in [0.2, 0.25) is 5.88 Å². The molecule has 0 spiro atoms. The van der Waals surface area contributed by atoms with Crippen LogP contribution in [0.1, 0.15) is 17.9 Å². The second kappa shape index (κ2) is 2.01. The number of aromatic amines is 1. The van der Waals surface area contributed by atoms with Crippen LogP contribution >= 0.6 is 0 Å². The Morgan fingerprint density at radius 2 is 2.50 bits per heavy atom. The predicted molar refractivity (Wildman–Crippen MR) is 37.1 cm³/mol. The van der Waals surface area contributed by atoms with E-state index in [1.54, 1.807) is 0 Å². The summed E-state index contributed by atoms with van der Waals surface area (Å²) >= 11 is 0. The zero-order chi connectivity index (χ0) is 6.97. The number of hydrogen-bond acceptors (Lipinski definition) is 2. The van der Waals surface area contributed by atoms with Crippen molar-refractivity contribution in [1.29, 1.82) is 0 Å². The average Bonchev–Trinajstić information content (AvgIpc) is 2.27. The third-order valence-corrected chi connectivity index (χ3v) is 1.67. The van der Waals surface area contributed by atoms with Gasteiger partial charge in [0, 0.05) is 0 Å². The van der Waals surface area contributed by atoms with Gasteiger partial charge < -0.3 is 9.72 Å². The summed E-state index contributed by atoms with van der Waals surface area (Å²) in [6, 6.07) is 0. The molecule has 1 aromatic heterocycles. The Labute approximate surface area is 59.4 Å². The first-order chi connectivity index (χ1) is 4.86. The second-order valence-corrected chi connectivity index (χ2v) is 2.56. The van der Waals surface area contributed by atoms with E-state index in [0.29, 0.717) is 0 Å². The molecule has 0 amide bonds. The minimum atomic E-state index is 0.809. The van der Waals surface area contributed by atoms with Gasteiger partial charge in [0.05, 0.1) is 12.3 Å². The quantitative estimate of drug-likeness (QED) is 0.581. The standard InChI is InChI=1S/C7H10N2O/c1-5-8-6-3-2-4-10-7(6)9-5/h2-4H2,1H3,(H,8,9). The van der Waals surface area contributed by atoms with Crippen LogP contribution in [0.2, 0.25) is 0 Å². The number of fused-ring (bicyclic) bond motifs is 1. The third-order valence-electron chi connectivity index (χ3n) is 1.67. The van der Waals surface area contributed by atoms with E-state index in [2.05, 4.69) is 9.97 Å². The summed E-state index contributed by atoms with van der Waals surface area (Å²) in [5.41, 5.74) is 1.16. The van der Waals surface area contributed by atoms with Crippen LogP contribution in [0.5, 0.6) is 5.88 Å². The number of rotatable bonds is 0. The average molecular weight is 138 g/mol. The van der Waals surface area contributed by atoms with E-state index in [1.807, 2.05) is 6.92 Å². The van der Waals surface area contributed by atoms with Gasteiger partial charge in [-0.05, 0) is 19.8 Å². The van der Waals surface area contributed by atoms with Crippen LogP contribution in [-0.4, -0.2) is 16.6 Å². The highest BCUT2D eigenvalue weighted by Crippen LogP contribution is 2.20. The molecule has 3 heteroatoms. The molecule has 0 atom stereocenters. The highest BCUT2D eigenvalue weighted by molar-refractivity contribution is 5.22. The molecular weight excluding hydrogens is 128 g/mol. The number of H-pyrrole nitrogens is 1. The summed E-state index contributed by atoms with van der Waals surface area (Å²) < 4.78 is 5.30. The van der Waals surface area contributed by atoms with Crippen molar-refractivity contribution in [3.05, 3.63) is 11.5 Å². The van der Waals surface area contributed by atoms with Gasteiger partial charge in [0.15, 0.2) is 0 Å². The Balaban J connectivity index is 2.41. The van der Waals surface area contributed by atoms with Crippen LogP contribution in [0.15, 0.2) is 0 Å². The lowest BCUT2D eigenvalue weighted by Gasteiger charge is -2.09. The van der Waals surface area contributed by atoms with Crippen molar-refractivity contribution in [2.45, 2.75) is 19.8 Å². The van der Waals surface area contributed by atoms with E-state index < -0.39 is 0 Å². The number of imidazole rings is 1. The Kier molecular flexibility index (Phi) is 1.16. The van der Waals surface area contributed by atoms with Crippen LogP contribution in [0.3, 0.4) is 0 Å². The van der Waals surface area contributed by atoms with Crippen molar-refractivity contribution in [3.63, 3.8) is 0 Å². The fourth-order valence-electron chi connectivity index (χ4n) is 1.23. The summed E-state index contributed by atoms with van der Waals surface area (Å²) in [6.07, 6.45) is 2.19. The molecule has 1 aromatic rings. The van der Waals surface area contributed by atoms with E-state index in [4.69, 9.17) is 4.74 Å². The number of ether oxygens (including phenoxy) is 1. The molecule has 0 aliphatic carbocycles. The predicted octanol–water partition coefficient (Wildman–Crippen LogP) is 1.04. The summed E-state index contributed by atoms with van der Waals surface area (Å²) in [7, 11) is 0. The maximum atomic E-state index is 5.30. The number of nitrogens with one attached hydrogen (secondary N) is 1. The topological polar surface area (TPSA) is 37.9 Å². The lowest BCUT2D eigenvalue weighted by atomic mass is 10.2. The van der Waals surface area contributed by atoms with Gasteiger partial charge in [0.1, 0.15) is 5.82 Å². The zero-order valence-corrected chi connectivity index (χ0v) is 5.98. The second-order valence-electron chi connectivity index (χ2n) is 2.56. The maximum Gasteiger partial charge on any atom is 0.235 e. The number of aryl methyl sites for hydroxylation is 2. The van der Waals surface area contributed by atoms with Crippen LogP contribution in [-0.2, 0) is 6.42 Å². The van der Waals surface area contributed by atoms with Crippen LogP contribution in [0.25, 0.3) is 0 Å². The first-order valence-corrected chi connectivity index (χ1v) is 3.54. The molecule has 10 heavy (non-hydrogen) atoms. The maximum absolute atomic E-state index is 5.30. The summed E-state index contributed by atoms with van der Waals surface area (Å²) in [6.45, 7) is 2.76. The van der Waals surface area contributed by atoms with Gasteiger partial charge >= 0.3 is 0 Å². The fraction of sp³-hybridized carbons (Fsp3) is 0.571. The van der Waals surface area contributed by atoms with Crippen molar-refractivity contribution in [3.8, 4) is 5.88 Å². The first-order valence-electron chi connectivity index (χ1n) is 3.54. The highest BCUT2D eigenvalue weighted by Gasteiger charge is 2.13. The molecular formula is C7H10N2O. The van der Waals surface area contributed by atoms with Gasteiger partial charge in [-0.1, -0.05) is 0 Å². The van der Waals surface area contributed by atoms with Crippen molar-refractivity contribution in [2.24, 2.45) is 0 Å². The third kappa shape index (κ3) is 0.781. The molecule has 2 rings (SSSR count). The lowest BCUT2D eigenvalue weighted by molar-refractivity contribution is 0.277. The monoisotopic (exact) mass is 138 g/mol. The summed E-state index contributed by atoms with van der Waals surface area (Å²) in [5, 5.41) is 0. The molecule has 1 N–H and O–H groups in total. The van der Waals surface area contributed by atoms with Gasteiger partial charge in [-0.3, -0.25) is 0 Å². The molecule has 3 nitrogen and oxygen atoms in total.